The molecular formula is C13H14N6OS2. The van der Waals surface area contributed by atoms with E-state index in [-0.39, 0.29) is 18.4 Å². The van der Waals surface area contributed by atoms with Crippen LogP contribution in [0.25, 0.3) is 10.2 Å². The first-order valence-electron chi connectivity index (χ1n) is 6.64. The van der Waals surface area contributed by atoms with Gasteiger partial charge in [-0.05, 0) is 17.9 Å². The first-order valence-corrected chi connectivity index (χ1v) is 8.44. The summed E-state index contributed by atoms with van der Waals surface area (Å²) in [5, 5.41) is 11.8. The number of aromatic nitrogens is 4. The second-order valence-electron chi connectivity index (χ2n) is 4.39. The van der Waals surface area contributed by atoms with Crippen LogP contribution >= 0.6 is 23.1 Å². The highest BCUT2D eigenvalue weighted by Gasteiger charge is 2.14. The SMILES string of the molecule is CCSc1nnc(N)n1CC(=O)Nc1nc2ccccc2s1. The number of nitrogens with two attached hydrogens (primary N) is 1. The van der Waals surface area contributed by atoms with Crippen LogP contribution in [0.3, 0.4) is 0 Å². The fraction of sp³-hybridized carbons (Fsp3) is 0.231. The maximum absolute atomic E-state index is 12.2. The Balaban J connectivity index is 1.73. The maximum atomic E-state index is 12.2. The number of hydrogen-bond donors (Lipinski definition) is 2. The van der Waals surface area contributed by atoms with Gasteiger partial charge < -0.3 is 11.1 Å². The molecule has 0 bridgehead atoms. The molecule has 1 aromatic carbocycles. The van der Waals surface area contributed by atoms with Gasteiger partial charge in [0.15, 0.2) is 10.3 Å². The van der Waals surface area contributed by atoms with Gasteiger partial charge in [-0.1, -0.05) is 42.2 Å². The Labute approximate surface area is 134 Å². The van der Waals surface area contributed by atoms with Crippen LogP contribution in [-0.2, 0) is 11.3 Å². The molecule has 0 fully saturated rings. The summed E-state index contributed by atoms with van der Waals surface area (Å²) in [6.07, 6.45) is 0. The summed E-state index contributed by atoms with van der Waals surface area (Å²) in [6.45, 7) is 2.07. The lowest BCUT2D eigenvalue weighted by Crippen LogP contribution is -2.20. The molecule has 9 heteroatoms. The number of anilines is 2. The van der Waals surface area contributed by atoms with Crippen molar-refractivity contribution in [2.75, 3.05) is 16.8 Å². The molecule has 0 aliphatic heterocycles. The summed E-state index contributed by atoms with van der Waals surface area (Å²) in [5.74, 6) is 0.858. The smallest absolute Gasteiger partial charge is 0.246 e. The van der Waals surface area contributed by atoms with Crippen LogP contribution in [0.4, 0.5) is 11.1 Å². The van der Waals surface area contributed by atoms with Crippen LogP contribution in [0.5, 0.6) is 0 Å². The summed E-state index contributed by atoms with van der Waals surface area (Å²) < 4.78 is 2.63. The third-order valence-corrected chi connectivity index (χ3v) is 4.66. The number of carbonyl (C=O) groups is 1. The van der Waals surface area contributed by atoms with Gasteiger partial charge in [0.2, 0.25) is 11.9 Å². The zero-order chi connectivity index (χ0) is 15.5. The molecule has 0 saturated heterocycles. The zero-order valence-corrected chi connectivity index (χ0v) is 13.4. The molecule has 22 heavy (non-hydrogen) atoms. The number of nitrogen functional groups attached to an aromatic ring is 1. The molecule has 114 valence electrons. The van der Waals surface area contributed by atoms with Crippen molar-refractivity contribution >= 4 is 50.3 Å². The molecule has 0 spiro atoms. The number of hydrogen-bond acceptors (Lipinski definition) is 7. The number of thiazole rings is 1. The topological polar surface area (TPSA) is 98.7 Å². The zero-order valence-electron chi connectivity index (χ0n) is 11.8. The minimum Gasteiger partial charge on any atom is -0.368 e. The number of nitrogens with one attached hydrogen (secondary N) is 1. The van der Waals surface area contributed by atoms with E-state index in [1.807, 2.05) is 31.2 Å². The Morgan fingerprint density at radius 3 is 3.00 bits per heavy atom. The molecule has 3 N–H and O–H groups in total. The van der Waals surface area contributed by atoms with Crippen LogP contribution < -0.4 is 11.1 Å². The molecule has 0 aliphatic rings. The van der Waals surface area contributed by atoms with E-state index in [0.717, 1.165) is 16.0 Å². The molecule has 0 aliphatic carbocycles. The minimum absolute atomic E-state index is 0.0666. The predicted molar refractivity (Wildman–Crippen MR) is 89.1 cm³/mol. The summed E-state index contributed by atoms with van der Waals surface area (Å²) in [6, 6.07) is 7.74. The van der Waals surface area contributed by atoms with Gasteiger partial charge in [-0.3, -0.25) is 9.36 Å². The van der Waals surface area contributed by atoms with Crippen molar-refractivity contribution in [2.45, 2.75) is 18.6 Å². The molecule has 0 radical (unpaired) electrons. The number of benzene rings is 1. The fourth-order valence-electron chi connectivity index (χ4n) is 1.91. The van der Waals surface area contributed by atoms with E-state index >= 15 is 0 Å². The highest BCUT2D eigenvalue weighted by Crippen LogP contribution is 2.25. The van der Waals surface area contributed by atoms with E-state index in [0.29, 0.717) is 10.3 Å². The first kappa shape index (κ1) is 14.8. The van der Waals surface area contributed by atoms with Gasteiger partial charge in [0.05, 0.1) is 10.2 Å². The lowest BCUT2D eigenvalue weighted by molar-refractivity contribution is -0.116. The Kier molecular flexibility index (Phi) is 4.25. The number of rotatable bonds is 5. The molecule has 3 aromatic rings. The standard InChI is InChI=1S/C13H14N6OS2/c1-2-21-13-18-17-11(14)19(13)7-10(20)16-12-15-8-5-3-4-6-9(8)22-12/h3-6H,2,7H2,1H3,(H2,14,17)(H,15,16,20). The summed E-state index contributed by atoms with van der Waals surface area (Å²) in [5.41, 5.74) is 6.63. The number of amides is 1. The normalized spacial score (nSPS) is 11.0. The molecule has 2 heterocycles. The van der Waals surface area contributed by atoms with Crippen molar-refractivity contribution in [3.63, 3.8) is 0 Å². The minimum atomic E-state index is -0.205. The molecule has 0 atom stereocenters. The van der Waals surface area contributed by atoms with Crippen LogP contribution in [-0.4, -0.2) is 31.4 Å². The van der Waals surface area contributed by atoms with Crippen molar-refractivity contribution in [1.29, 1.82) is 0 Å². The molecule has 7 nitrogen and oxygen atoms in total. The molecule has 2 aromatic heterocycles. The third-order valence-electron chi connectivity index (χ3n) is 2.86. The largest absolute Gasteiger partial charge is 0.368 e. The number of carbonyl (C=O) groups excluding carboxylic acids is 1. The third kappa shape index (κ3) is 3.04. The van der Waals surface area contributed by atoms with Crippen molar-refractivity contribution in [3.05, 3.63) is 24.3 Å². The number of nitrogens with zero attached hydrogens (tertiary/aromatic N) is 4. The Morgan fingerprint density at radius 2 is 2.23 bits per heavy atom. The van der Waals surface area contributed by atoms with Crippen molar-refractivity contribution in [2.24, 2.45) is 0 Å². The Bertz CT molecular complexity index is 779. The van der Waals surface area contributed by atoms with Crippen LogP contribution in [0.2, 0.25) is 0 Å². The fourth-order valence-corrected chi connectivity index (χ4v) is 3.47. The number of fused-ring (bicyclic) bond motifs is 1. The van der Waals surface area contributed by atoms with E-state index in [1.165, 1.54) is 23.1 Å². The molecule has 0 unspecified atom stereocenters. The first-order chi connectivity index (χ1) is 10.7. The predicted octanol–water partition coefficient (Wildman–Crippen LogP) is 2.22. The Morgan fingerprint density at radius 1 is 1.41 bits per heavy atom. The number of thioether (sulfide) groups is 1. The highest BCUT2D eigenvalue weighted by molar-refractivity contribution is 7.99. The van der Waals surface area contributed by atoms with E-state index in [4.69, 9.17) is 5.73 Å². The summed E-state index contributed by atoms with van der Waals surface area (Å²) >= 11 is 2.93. The van der Waals surface area contributed by atoms with Crippen molar-refractivity contribution < 1.29 is 4.79 Å². The van der Waals surface area contributed by atoms with Crippen LogP contribution in [0.1, 0.15) is 6.92 Å². The molecule has 0 saturated carbocycles. The van der Waals surface area contributed by atoms with Gasteiger partial charge in [0.1, 0.15) is 6.54 Å². The van der Waals surface area contributed by atoms with Gasteiger partial charge in [-0.15, -0.1) is 10.2 Å². The van der Waals surface area contributed by atoms with Gasteiger partial charge in [-0.25, -0.2) is 4.98 Å². The van der Waals surface area contributed by atoms with Gasteiger partial charge >= 0.3 is 0 Å². The van der Waals surface area contributed by atoms with Gasteiger partial charge in [0, 0.05) is 0 Å². The highest BCUT2D eigenvalue weighted by atomic mass is 32.2. The van der Waals surface area contributed by atoms with Crippen LogP contribution in [0, 0.1) is 0 Å². The van der Waals surface area contributed by atoms with E-state index in [9.17, 15) is 4.79 Å². The second kappa shape index (κ2) is 6.32. The van der Waals surface area contributed by atoms with E-state index < -0.39 is 0 Å². The lowest BCUT2D eigenvalue weighted by Gasteiger charge is -2.06. The van der Waals surface area contributed by atoms with Crippen LogP contribution in [0.15, 0.2) is 29.4 Å². The summed E-state index contributed by atoms with van der Waals surface area (Å²) in [7, 11) is 0. The van der Waals surface area contributed by atoms with E-state index in [1.54, 1.807) is 4.57 Å². The Hall–Kier alpha value is -2.13. The average Bonchev–Trinajstić information content (AvgIpc) is 3.04. The van der Waals surface area contributed by atoms with Crippen molar-refractivity contribution in [1.82, 2.24) is 19.7 Å². The quantitative estimate of drug-likeness (QED) is 0.694. The molecular weight excluding hydrogens is 320 g/mol. The van der Waals surface area contributed by atoms with E-state index in [2.05, 4.69) is 20.5 Å². The molecule has 1 amide bonds. The van der Waals surface area contributed by atoms with Gasteiger partial charge in [-0.2, -0.15) is 0 Å². The summed E-state index contributed by atoms with van der Waals surface area (Å²) in [4.78, 5) is 16.6. The molecule has 3 rings (SSSR count). The number of para-hydroxylation sites is 1. The van der Waals surface area contributed by atoms with Crippen molar-refractivity contribution in [3.8, 4) is 0 Å². The van der Waals surface area contributed by atoms with Gasteiger partial charge in [0.25, 0.3) is 0 Å². The monoisotopic (exact) mass is 334 g/mol. The maximum Gasteiger partial charge on any atom is 0.246 e. The lowest BCUT2D eigenvalue weighted by atomic mass is 10.3. The average molecular weight is 334 g/mol. The second-order valence-corrected chi connectivity index (χ2v) is 6.66.